The molecule has 0 fully saturated rings. The van der Waals surface area contributed by atoms with E-state index in [0.717, 1.165) is 0 Å². The molecule has 1 radical (unpaired) electrons. The third-order valence-corrected chi connectivity index (χ3v) is 4.37. The summed E-state index contributed by atoms with van der Waals surface area (Å²) in [5, 5.41) is 2.69. The quantitative estimate of drug-likeness (QED) is 0.518. The summed E-state index contributed by atoms with van der Waals surface area (Å²) in [7, 11) is 0. The molecule has 0 aliphatic carbocycles. The summed E-state index contributed by atoms with van der Waals surface area (Å²) in [6, 6.07) is 12.8. The molecule has 0 heterocycles. The maximum Gasteiger partial charge on any atom is -0.0125 e. The first kappa shape index (κ1) is 17.1. The van der Waals surface area contributed by atoms with E-state index in [9.17, 15) is 0 Å². The van der Waals surface area contributed by atoms with Gasteiger partial charge < -0.3 is 0 Å². The molecule has 0 aliphatic rings. The van der Waals surface area contributed by atoms with E-state index in [1.807, 2.05) is 0 Å². The van der Waals surface area contributed by atoms with E-state index in [4.69, 9.17) is 0 Å². The predicted octanol–water partition coefficient (Wildman–Crippen LogP) is 6.53. The van der Waals surface area contributed by atoms with Crippen molar-refractivity contribution in [3.05, 3.63) is 47.0 Å². The van der Waals surface area contributed by atoms with Gasteiger partial charge in [-0.25, -0.2) is 0 Å². The van der Waals surface area contributed by atoms with Gasteiger partial charge in [-0.1, -0.05) is 74.4 Å². The van der Waals surface area contributed by atoms with Crippen LogP contribution in [0.4, 0.5) is 0 Å². The molecule has 0 nitrogen and oxygen atoms in total. The van der Waals surface area contributed by atoms with Crippen LogP contribution in [0, 0.1) is 6.07 Å². The number of hydrogen-bond donors (Lipinski definition) is 0. The van der Waals surface area contributed by atoms with Crippen molar-refractivity contribution in [2.45, 2.75) is 78.6 Å². The number of benzene rings is 2. The highest BCUT2D eigenvalue weighted by atomic mass is 14.3. The Labute approximate surface area is 136 Å². The minimum absolute atomic E-state index is 0.133. The van der Waals surface area contributed by atoms with Crippen LogP contribution in [-0.4, -0.2) is 0 Å². The molecule has 2 aromatic rings. The van der Waals surface area contributed by atoms with Gasteiger partial charge in [-0.2, -0.15) is 0 Å². The molecule has 2 rings (SSSR count). The maximum atomic E-state index is 3.52. The van der Waals surface area contributed by atoms with E-state index in [-0.39, 0.29) is 16.2 Å². The van der Waals surface area contributed by atoms with E-state index in [1.165, 1.54) is 27.5 Å². The Hall–Kier alpha value is -1.30. The van der Waals surface area contributed by atoms with Crippen molar-refractivity contribution in [1.82, 2.24) is 0 Å². The average molecular weight is 295 g/mol. The van der Waals surface area contributed by atoms with Crippen LogP contribution in [0.3, 0.4) is 0 Å². The molecular weight excluding hydrogens is 264 g/mol. The second-order valence-electron chi connectivity index (χ2n) is 9.62. The van der Waals surface area contributed by atoms with Crippen LogP contribution in [0.25, 0.3) is 10.8 Å². The van der Waals surface area contributed by atoms with Gasteiger partial charge in [-0.15, -0.1) is 0 Å². The van der Waals surface area contributed by atoms with E-state index in [0.29, 0.717) is 0 Å². The minimum atomic E-state index is 0.133. The summed E-state index contributed by atoms with van der Waals surface area (Å²) in [4.78, 5) is 0. The lowest BCUT2D eigenvalue weighted by molar-refractivity contribution is 0.572. The van der Waals surface area contributed by atoms with Crippen molar-refractivity contribution >= 4 is 10.8 Å². The third kappa shape index (κ3) is 3.37. The summed E-state index contributed by atoms with van der Waals surface area (Å²) in [5.74, 6) is 0. The minimum Gasteiger partial charge on any atom is -0.0561 e. The summed E-state index contributed by atoms with van der Waals surface area (Å²) in [5.41, 5.74) is 4.55. The smallest absolute Gasteiger partial charge is 0.0125 e. The van der Waals surface area contributed by atoms with E-state index < -0.39 is 0 Å². The molecule has 0 spiro atoms. The standard InChI is InChI=1S/C22H31/c1-20(2,3)16-10-11-18-15(12-16)13-17(21(4,5)6)14-19(18)22(7,8)9/h11-14H,1-9H3. The highest BCUT2D eigenvalue weighted by molar-refractivity contribution is 5.88. The lowest BCUT2D eigenvalue weighted by Gasteiger charge is -2.28. The van der Waals surface area contributed by atoms with Crippen molar-refractivity contribution in [3.8, 4) is 0 Å². The highest BCUT2D eigenvalue weighted by Crippen LogP contribution is 2.36. The molecule has 0 saturated carbocycles. The third-order valence-electron chi connectivity index (χ3n) is 4.37. The summed E-state index contributed by atoms with van der Waals surface area (Å²) >= 11 is 0. The predicted molar refractivity (Wildman–Crippen MR) is 98.9 cm³/mol. The largest absolute Gasteiger partial charge is 0.0561 e. The van der Waals surface area contributed by atoms with Gasteiger partial charge in [0, 0.05) is 0 Å². The summed E-state index contributed by atoms with van der Waals surface area (Å²) in [6.07, 6.45) is 0. The highest BCUT2D eigenvalue weighted by Gasteiger charge is 2.23. The first-order valence-electron chi connectivity index (χ1n) is 8.31. The van der Waals surface area contributed by atoms with Crippen LogP contribution >= 0.6 is 0 Å². The molecule has 22 heavy (non-hydrogen) atoms. The van der Waals surface area contributed by atoms with Crippen LogP contribution in [0.2, 0.25) is 0 Å². The molecule has 2 aromatic carbocycles. The molecule has 0 saturated heterocycles. The van der Waals surface area contributed by atoms with Crippen LogP contribution in [0.1, 0.15) is 79.0 Å². The van der Waals surface area contributed by atoms with Gasteiger partial charge in [0.05, 0.1) is 0 Å². The van der Waals surface area contributed by atoms with Gasteiger partial charge in [0.25, 0.3) is 0 Å². The van der Waals surface area contributed by atoms with Crippen molar-refractivity contribution in [1.29, 1.82) is 0 Å². The Kier molecular flexibility index (Phi) is 3.97. The van der Waals surface area contributed by atoms with E-state index >= 15 is 0 Å². The molecule has 119 valence electrons. The fourth-order valence-corrected chi connectivity index (χ4v) is 2.79. The van der Waals surface area contributed by atoms with Crippen LogP contribution in [-0.2, 0) is 16.2 Å². The number of hydrogen-bond acceptors (Lipinski definition) is 0. The van der Waals surface area contributed by atoms with Gasteiger partial charge in [-0.3, -0.25) is 0 Å². The zero-order valence-electron chi connectivity index (χ0n) is 15.8. The lowest BCUT2D eigenvalue weighted by atomic mass is 9.77. The van der Waals surface area contributed by atoms with Crippen molar-refractivity contribution in [2.75, 3.05) is 0 Å². The zero-order valence-corrected chi connectivity index (χ0v) is 15.8. The molecule has 0 unspecified atom stereocenters. The maximum absolute atomic E-state index is 3.52. The molecule has 0 aromatic heterocycles. The van der Waals surface area contributed by atoms with Crippen LogP contribution in [0.15, 0.2) is 24.3 Å². The fourth-order valence-electron chi connectivity index (χ4n) is 2.79. The molecule has 0 aliphatic heterocycles. The Bertz CT molecular complexity index is 678. The number of fused-ring (bicyclic) bond motifs is 1. The van der Waals surface area contributed by atoms with Crippen molar-refractivity contribution < 1.29 is 0 Å². The molecule has 0 heteroatoms. The van der Waals surface area contributed by atoms with Gasteiger partial charge in [0.1, 0.15) is 0 Å². The first-order valence-corrected chi connectivity index (χ1v) is 8.31. The Morgan fingerprint density at radius 1 is 0.682 bits per heavy atom. The van der Waals surface area contributed by atoms with Crippen molar-refractivity contribution in [2.24, 2.45) is 0 Å². The van der Waals surface area contributed by atoms with Gasteiger partial charge in [-0.05, 0) is 61.9 Å². The number of rotatable bonds is 0. The van der Waals surface area contributed by atoms with E-state index in [2.05, 4.69) is 92.6 Å². The second-order valence-corrected chi connectivity index (χ2v) is 9.62. The molecule has 0 amide bonds. The van der Waals surface area contributed by atoms with Crippen LogP contribution in [0.5, 0.6) is 0 Å². The van der Waals surface area contributed by atoms with Gasteiger partial charge in [0.15, 0.2) is 0 Å². The first-order chi connectivity index (χ1) is 9.80. The molecule has 0 atom stereocenters. The molecular formula is C22H31. The van der Waals surface area contributed by atoms with E-state index in [1.54, 1.807) is 0 Å². The molecule has 0 N–H and O–H groups in total. The van der Waals surface area contributed by atoms with Gasteiger partial charge in [0.2, 0.25) is 0 Å². The van der Waals surface area contributed by atoms with Gasteiger partial charge >= 0.3 is 0 Å². The Balaban J connectivity index is 2.83. The normalized spacial score (nSPS) is 13.7. The Morgan fingerprint density at radius 2 is 1.27 bits per heavy atom. The second kappa shape index (κ2) is 5.11. The zero-order chi connectivity index (χ0) is 16.9. The topological polar surface area (TPSA) is 0 Å². The van der Waals surface area contributed by atoms with Crippen molar-refractivity contribution in [3.63, 3.8) is 0 Å². The SMILES string of the molecule is CC(C)(C)c1[c]cc2c(C(C)(C)C)cc(C(C)(C)C)cc2c1. The fraction of sp³-hybridized carbons (Fsp3) is 0.545. The molecule has 0 bridgehead atoms. The van der Waals surface area contributed by atoms with Crippen LogP contribution < -0.4 is 0 Å². The Morgan fingerprint density at radius 3 is 1.73 bits per heavy atom. The summed E-state index contributed by atoms with van der Waals surface area (Å²) < 4.78 is 0. The average Bonchev–Trinajstić information content (AvgIpc) is 2.33. The summed E-state index contributed by atoms with van der Waals surface area (Å²) in [6.45, 7) is 20.5. The monoisotopic (exact) mass is 295 g/mol. The lowest BCUT2D eigenvalue weighted by Crippen LogP contribution is -2.17.